The van der Waals surface area contributed by atoms with Crippen molar-refractivity contribution in [3.05, 3.63) is 35.5 Å². The Kier molecular flexibility index (Phi) is 4.01. The Balaban J connectivity index is 2.37. The van der Waals surface area contributed by atoms with Gasteiger partial charge in [0.2, 0.25) is 0 Å². The summed E-state index contributed by atoms with van der Waals surface area (Å²) >= 11 is 0. The maximum absolute atomic E-state index is 11.5. The molecule has 0 fully saturated rings. The van der Waals surface area contributed by atoms with E-state index in [1.165, 1.54) is 13.2 Å². The molecule has 0 spiro atoms. The van der Waals surface area contributed by atoms with Gasteiger partial charge in [-0.05, 0) is 25.1 Å². The molecule has 6 heteroatoms. The summed E-state index contributed by atoms with van der Waals surface area (Å²) in [7, 11) is 1.50. The van der Waals surface area contributed by atoms with Gasteiger partial charge in [-0.3, -0.25) is 0 Å². The van der Waals surface area contributed by atoms with E-state index in [9.17, 15) is 4.79 Å². The van der Waals surface area contributed by atoms with Gasteiger partial charge in [0.05, 0.1) is 25.3 Å². The summed E-state index contributed by atoms with van der Waals surface area (Å²) in [6.07, 6.45) is 0. The van der Waals surface area contributed by atoms with Gasteiger partial charge in [0, 0.05) is 11.6 Å². The van der Waals surface area contributed by atoms with E-state index in [1.54, 1.807) is 25.1 Å². The third-order valence-corrected chi connectivity index (χ3v) is 2.55. The van der Waals surface area contributed by atoms with Crippen LogP contribution in [-0.4, -0.2) is 24.8 Å². The number of nitriles is 1. The number of aromatic nitrogens is 1. The molecule has 0 radical (unpaired) electrons. The number of ether oxygens (including phenoxy) is 2. The Labute approximate surface area is 115 Å². The number of nitrogens with zero attached hydrogens (tertiary/aromatic N) is 2. The van der Waals surface area contributed by atoms with Crippen LogP contribution in [0.5, 0.6) is 5.75 Å². The molecule has 2 rings (SSSR count). The highest BCUT2D eigenvalue weighted by Gasteiger charge is 2.15. The molecular weight excluding hydrogens is 260 g/mol. The summed E-state index contributed by atoms with van der Waals surface area (Å²) in [6, 6.07) is 8.41. The quantitative estimate of drug-likeness (QED) is 0.794. The number of methoxy groups -OCH3 is 1. The molecule has 0 amide bonds. The molecule has 0 aliphatic heterocycles. The first kappa shape index (κ1) is 13.6. The number of hydrogen-bond acceptors (Lipinski definition) is 6. The van der Waals surface area contributed by atoms with Gasteiger partial charge >= 0.3 is 5.97 Å². The van der Waals surface area contributed by atoms with E-state index < -0.39 is 5.97 Å². The molecule has 2 aromatic rings. The lowest BCUT2D eigenvalue weighted by atomic mass is 10.1. The van der Waals surface area contributed by atoms with Crippen LogP contribution in [0, 0.1) is 11.3 Å². The van der Waals surface area contributed by atoms with E-state index in [1.807, 2.05) is 6.07 Å². The Morgan fingerprint density at radius 3 is 2.85 bits per heavy atom. The molecule has 1 aromatic carbocycles. The zero-order chi connectivity index (χ0) is 14.5. The molecule has 1 aromatic heterocycles. The minimum atomic E-state index is -0.550. The molecule has 1 heterocycles. The fraction of sp³-hybridized carbons (Fsp3) is 0.214. The first-order valence-corrected chi connectivity index (χ1v) is 5.91. The van der Waals surface area contributed by atoms with Crippen molar-refractivity contribution in [1.82, 2.24) is 5.16 Å². The lowest BCUT2D eigenvalue weighted by molar-refractivity contribution is 0.0514. The lowest BCUT2D eigenvalue weighted by Gasteiger charge is -2.02. The molecule has 0 bridgehead atoms. The van der Waals surface area contributed by atoms with Gasteiger partial charge in [-0.2, -0.15) is 5.26 Å². The van der Waals surface area contributed by atoms with E-state index in [4.69, 9.17) is 19.3 Å². The Morgan fingerprint density at radius 2 is 2.20 bits per heavy atom. The van der Waals surface area contributed by atoms with Gasteiger partial charge in [0.1, 0.15) is 5.75 Å². The highest BCUT2D eigenvalue weighted by Crippen LogP contribution is 2.26. The fourth-order valence-corrected chi connectivity index (χ4v) is 1.64. The molecule has 0 aliphatic carbocycles. The second kappa shape index (κ2) is 5.89. The number of carbonyl (C=O) groups excluding carboxylic acids is 1. The summed E-state index contributed by atoms with van der Waals surface area (Å²) in [6.45, 7) is 1.97. The Morgan fingerprint density at radius 1 is 1.40 bits per heavy atom. The average Bonchev–Trinajstić information content (AvgIpc) is 2.97. The minimum absolute atomic E-state index is 0.0863. The molecule has 0 saturated heterocycles. The van der Waals surface area contributed by atoms with Crippen molar-refractivity contribution in [3.8, 4) is 23.1 Å². The summed E-state index contributed by atoms with van der Waals surface area (Å²) in [5.74, 6) is 0.336. The molecule has 0 unspecified atom stereocenters. The topological polar surface area (TPSA) is 85.4 Å². The monoisotopic (exact) mass is 272 g/mol. The van der Waals surface area contributed by atoms with Crippen molar-refractivity contribution in [3.63, 3.8) is 0 Å². The van der Waals surface area contributed by atoms with Crippen LogP contribution in [0.3, 0.4) is 0 Å². The van der Waals surface area contributed by atoms with Crippen molar-refractivity contribution in [1.29, 1.82) is 5.26 Å². The predicted octanol–water partition coefficient (Wildman–Crippen LogP) is 2.40. The summed E-state index contributed by atoms with van der Waals surface area (Å²) in [5.41, 5.74) is 1.11. The van der Waals surface area contributed by atoms with E-state index in [2.05, 4.69) is 5.16 Å². The van der Waals surface area contributed by atoms with Gasteiger partial charge < -0.3 is 14.0 Å². The fourth-order valence-electron chi connectivity index (χ4n) is 1.64. The first-order chi connectivity index (χ1) is 9.67. The van der Waals surface area contributed by atoms with Gasteiger partial charge in [-0.25, -0.2) is 4.79 Å². The first-order valence-electron chi connectivity index (χ1n) is 5.91. The molecule has 0 N–H and O–H groups in total. The molecule has 0 saturated carbocycles. The van der Waals surface area contributed by atoms with Crippen LogP contribution in [0.2, 0.25) is 0 Å². The molecule has 20 heavy (non-hydrogen) atoms. The number of rotatable bonds is 4. The standard InChI is InChI=1S/C14H12N2O4/c1-3-19-14(17)12-7-13(20-16-12)10-4-9(8-15)5-11(6-10)18-2/h4-7H,3H2,1-2H3. The van der Waals surface area contributed by atoms with Gasteiger partial charge in [-0.15, -0.1) is 0 Å². The van der Waals surface area contributed by atoms with Gasteiger partial charge in [0.25, 0.3) is 0 Å². The van der Waals surface area contributed by atoms with Gasteiger partial charge in [-0.1, -0.05) is 5.16 Å². The minimum Gasteiger partial charge on any atom is -0.497 e. The van der Waals surface area contributed by atoms with Crippen LogP contribution in [-0.2, 0) is 4.74 Å². The van der Waals surface area contributed by atoms with Crippen LogP contribution >= 0.6 is 0 Å². The lowest BCUT2D eigenvalue weighted by Crippen LogP contribution is -2.04. The van der Waals surface area contributed by atoms with Crippen molar-refractivity contribution >= 4 is 5.97 Å². The molecule has 102 valence electrons. The highest BCUT2D eigenvalue weighted by atomic mass is 16.5. The zero-order valence-corrected chi connectivity index (χ0v) is 11.0. The van der Waals surface area contributed by atoms with E-state index in [-0.39, 0.29) is 12.3 Å². The Bertz CT molecular complexity index is 670. The van der Waals surface area contributed by atoms with E-state index in [0.717, 1.165) is 0 Å². The third-order valence-electron chi connectivity index (χ3n) is 2.55. The van der Waals surface area contributed by atoms with Crippen molar-refractivity contribution in [2.45, 2.75) is 6.92 Å². The van der Waals surface area contributed by atoms with Crippen molar-refractivity contribution < 1.29 is 18.8 Å². The van der Waals surface area contributed by atoms with Crippen molar-refractivity contribution in [2.24, 2.45) is 0 Å². The SMILES string of the molecule is CCOC(=O)c1cc(-c2cc(C#N)cc(OC)c2)on1. The average molecular weight is 272 g/mol. The maximum Gasteiger partial charge on any atom is 0.360 e. The molecule has 0 atom stereocenters. The molecular formula is C14H12N2O4. The second-order valence-corrected chi connectivity index (χ2v) is 3.86. The second-order valence-electron chi connectivity index (χ2n) is 3.86. The summed E-state index contributed by atoms with van der Waals surface area (Å²) < 4.78 is 15.0. The number of carbonyl (C=O) groups is 1. The highest BCUT2D eigenvalue weighted by molar-refractivity contribution is 5.88. The van der Waals surface area contributed by atoms with Crippen LogP contribution in [0.4, 0.5) is 0 Å². The van der Waals surface area contributed by atoms with Crippen LogP contribution < -0.4 is 4.74 Å². The number of benzene rings is 1. The predicted molar refractivity (Wildman–Crippen MR) is 69.2 cm³/mol. The summed E-state index contributed by atoms with van der Waals surface area (Å²) in [5, 5.41) is 12.6. The van der Waals surface area contributed by atoms with E-state index >= 15 is 0 Å². The van der Waals surface area contributed by atoms with Crippen LogP contribution in [0.25, 0.3) is 11.3 Å². The smallest absolute Gasteiger partial charge is 0.360 e. The Hall–Kier alpha value is -2.81. The number of esters is 1. The van der Waals surface area contributed by atoms with Crippen molar-refractivity contribution in [2.75, 3.05) is 13.7 Å². The molecule has 6 nitrogen and oxygen atoms in total. The third kappa shape index (κ3) is 2.78. The normalized spacial score (nSPS) is 9.85. The summed E-state index contributed by atoms with van der Waals surface area (Å²) in [4.78, 5) is 11.5. The molecule has 0 aliphatic rings. The largest absolute Gasteiger partial charge is 0.497 e. The number of hydrogen-bond donors (Lipinski definition) is 0. The maximum atomic E-state index is 11.5. The van der Waals surface area contributed by atoms with Crippen LogP contribution in [0.1, 0.15) is 23.0 Å². The zero-order valence-electron chi connectivity index (χ0n) is 11.0. The van der Waals surface area contributed by atoms with E-state index in [0.29, 0.717) is 22.6 Å². The van der Waals surface area contributed by atoms with Crippen LogP contribution in [0.15, 0.2) is 28.8 Å². The van der Waals surface area contributed by atoms with Gasteiger partial charge in [0.15, 0.2) is 11.5 Å².